The average molecular weight is 338 g/mol. The Kier molecular flexibility index (Phi) is 3.98. The maximum atomic E-state index is 12.4. The van der Waals surface area contributed by atoms with Gasteiger partial charge in [0.1, 0.15) is 23.0 Å². The highest BCUT2D eigenvalue weighted by Gasteiger charge is 2.14. The third kappa shape index (κ3) is 2.89. The summed E-state index contributed by atoms with van der Waals surface area (Å²) in [6.07, 6.45) is 1.59. The zero-order chi connectivity index (χ0) is 16.4. The van der Waals surface area contributed by atoms with E-state index in [1.54, 1.807) is 12.3 Å². The largest absolute Gasteiger partial charge is 0.464 e. The number of nitrogens with zero attached hydrogens (tertiary/aromatic N) is 1. The molecule has 0 radical (unpaired) electrons. The van der Waals surface area contributed by atoms with E-state index in [0.717, 1.165) is 11.1 Å². The zero-order valence-corrected chi connectivity index (χ0v) is 13.5. The molecule has 3 heterocycles. The third-order valence-corrected chi connectivity index (χ3v) is 4.50. The smallest absolute Gasteiger partial charge is 0.260 e. The Morgan fingerprint density at radius 1 is 1.12 bits per heavy atom. The first-order chi connectivity index (χ1) is 11.8. The highest BCUT2D eigenvalue weighted by Crippen LogP contribution is 2.30. The fraction of sp³-hybridized carbons (Fsp3) is 0.111. The van der Waals surface area contributed by atoms with Crippen LogP contribution in [0.3, 0.4) is 0 Å². The fourth-order valence-corrected chi connectivity index (χ4v) is 3.46. The topological polar surface area (TPSA) is 68.1 Å². The number of aromatic nitrogens is 2. The molecule has 0 saturated carbocycles. The number of furan rings is 1. The molecule has 120 valence electrons. The Bertz CT molecular complexity index is 1000. The second kappa shape index (κ2) is 6.43. The van der Waals surface area contributed by atoms with Gasteiger partial charge in [-0.05, 0) is 17.7 Å². The third-order valence-electron chi connectivity index (χ3n) is 3.63. The van der Waals surface area contributed by atoms with E-state index in [9.17, 15) is 4.79 Å². The molecule has 24 heavy (non-hydrogen) atoms. The number of H-pyrrole nitrogens is 1. The van der Waals surface area contributed by atoms with Crippen molar-refractivity contribution >= 4 is 21.6 Å². The van der Waals surface area contributed by atoms with E-state index in [-0.39, 0.29) is 12.2 Å². The van der Waals surface area contributed by atoms with Crippen molar-refractivity contribution in [3.05, 3.63) is 75.8 Å². The minimum Gasteiger partial charge on any atom is -0.464 e. The normalized spacial score (nSPS) is 11.2. The van der Waals surface area contributed by atoms with Gasteiger partial charge >= 0.3 is 0 Å². The quantitative estimate of drug-likeness (QED) is 0.598. The van der Waals surface area contributed by atoms with Gasteiger partial charge in [-0.3, -0.25) is 4.79 Å². The van der Waals surface area contributed by atoms with Crippen molar-refractivity contribution in [3.8, 4) is 11.3 Å². The number of nitrogens with one attached hydrogen (secondary N) is 1. The zero-order valence-electron chi connectivity index (χ0n) is 12.7. The van der Waals surface area contributed by atoms with Crippen molar-refractivity contribution in [3.63, 3.8) is 0 Å². The number of ether oxygens (including phenoxy) is 1. The second-order valence-electron chi connectivity index (χ2n) is 5.30. The van der Waals surface area contributed by atoms with Gasteiger partial charge in [0.15, 0.2) is 0 Å². The van der Waals surface area contributed by atoms with Crippen molar-refractivity contribution < 1.29 is 9.15 Å². The van der Waals surface area contributed by atoms with E-state index in [2.05, 4.69) is 9.97 Å². The van der Waals surface area contributed by atoms with Crippen molar-refractivity contribution in [1.82, 2.24) is 9.97 Å². The van der Waals surface area contributed by atoms with Crippen LogP contribution in [0, 0.1) is 0 Å². The number of rotatable bonds is 5. The van der Waals surface area contributed by atoms with Gasteiger partial charge < -0.3 is 14.1 Å². The molecule has 1 aromatic carbocycles. The highest BCUT2D eigenvalue weighted by molar-refractivity contribution is 7.17. The number of hydrogen-bond acceptors (Lipinski definition) is 5. The van der Waals surface area contributed by atoms with Crippen molar-refractivity contribution in [2.45, 2.75) is 13.2 Å². The fourth-order valence-electron chi connectivity index (χ4n) is 2.51. The number of benzene rings is 1. The van der Waals surface area contributed by atoms with Crippen LogP contribution in [0.2, 0.25) is 0 Å². The Hall–Kier alpha value is -2.70. The first-order valence-electron chi connectivity index (χ1n) is 7.47. The molecule has 4 rings (SSSR count). The molecule has 0 aliphatic rings. The Balaban J connectivity index is 1.56. The monoisotopic (exact) mass is 338 g/mol. The Labute approximate surface area is 141 Å². The first kappa shape index (κ1) is 14.9. The van der Waals surface area contributed by atoms with Crippen LogP contribution in [-0.4, -0.2) is 9.97 Å². The molecule has 4 aromatic rings. The molecular formula is C18H14N2O3S. The van der Waals surface area contributed by atoms with Crippen LogP contribution in [-0.2, 0) is 18.0 Å². The molecule has 0 unspecified atom stereocenters. The molecule has 0 spiro atoms. The van der Waals surface area contributed by atoms with E-state index in [4.69, 9.17) is 9.15 Å². The summed E-state index contributed by atoms with van der Waals surface area (Å²) >= 11 is 1.42. The predicted octanol–water partition coefficient (Wildman–Crippen LogP) is 3.96. The van der Waals surface area contributed by atoms with E-state index >= 15 is 0 Å². The van der Waals surface area contributed by atoms with E-state index in [1.165, 1.54) is 11.3 Å². The van der Waals surface area contributed by atoms with Gasteiger partial charge in [-0.25, -0.2) is 4.98 Å². The summed E-state index contributed by atoms with van der Waals surface area (Å²) in [5.41, 5.74) is 1.67. The minimum absolute atomic E-state index is 0.175. The number of aromatic amines is 1. The van der Waals surface area contributed by atoms with Gasteiger partial charge in [0, 0.05) is 10.9 Å². The molecule has 0 aliphatic carbocycles. The van der Waals surface area contributed by atoms with E-state index in [1.807, 2.05) is 41.8 Å². The molecule has 3 aromatic heterocycles. The summed E-state index contributed by atoms with van der Waals surface area (Å²) < 4.78 is 11.0. The van der Waals surface area contributed by atoms with E-state index in [0.29, 0.717) is 28.4 Å². The summed E-state index contributed by atoms with van der Waals surface area (Å²) in [4.78, 5) is 20.4. The molecule has 1 N–H and O–H groups in total. The average Bonchev–Trinajstić information content (AvgIpc) is 3.25. The van der Waals surface area contributed by atoms with Crippen LogP contribution in [0.5, 0.6) is 0 Å². The molecule has 0 saturated heterocycles. The maximum Gasteiger partial charge on any atom is 0.260 e. The molecule has 0 bridgehead atoms. The highest BCUT2D eigenvalue weighted by atomic mass is 32.1. The van der Waals surface area contributed by atoms with Gasteiger partial charge in [0.25, 0.3) is 5.56 Å². The summed E-state index contributed by atoms with van der Waals surface area (Å²) in [5.74, 6) is 1.19. The van der Waals surface area contributed by atoms with Crippen LogP contribution in [0.4, 0.5) is 0 Å². The van der Waals surface area contributed by atoms with Crippen LogP contribution in [0.25, 0.3) is 21.5 Å². The van der Waals surface area contributed by atoms with Crippen LogP contribution in [0.15, 0.2) is 63.3 Å². The minimum atomic E-state index is -0.175. The second-order valence-corrected chi connectivity index (χ2v) is 6.16. The molecule has 0 aliphatic heterocycles. The molecule has 0 atom stereocenters. The summed E-state index contributed by atoms with van der Waals surface area (Å²) in [5, 5.41) is 2.45. The van der Waals surface area contributed by atoms with E-state index < -0.39 is 0 Å². The Morgan fingerprint density at radius 2 is 2.00 bits per heavy atom. The van der Waals surface area contributed by atoms with Crippen LogP contribution < -0.4 is 5.56 Å². The molecule has 0 amide bonds. The SMILES string of the molecule is O=c1[nH]c(COCc2ccccc2)nc2scc(-c3ccco3)c12. The van der Waals surface area contributed by atoms with Gasteiger partial charge in [-0.15, -0.1) is 11.3 Å². The predicted molar refractivity (Wildman–Crippen MR) is 92.9 cm³/mol. The number of hydrogen-bond donors (Lipinski definition) is 1. The van der Waals surface area contributed by atoms with Gasteiger partial charge in [0.2, 0.25) is 0 Å². The molecule has 0 fully saturated rings. The van der Waals surface area contributed by atoms with Gasteiger partial charge in [-0.2, -0.15) is 0 Å². The van der Waals surface area contributed by atoms with Gasteiger partial charge in [-0.1, -0.05) is 30.3 Å². The van der Waals surface area contributed by atoms with Crippen LogP contribution in [0.1, 0.15) is 11.4 Å². The van der Waals surface area contributed by atoms with Crippen molar-refractivity contribution in [1.29, 1.82) is 0 Å². The number of fused-ring (bicyclic) bond motifs is 1. The summed E-state index contributed by atoms with van der Waals surface area (Å²) in [6.45, 7) is 0.735. The number of thiophene rings is 1. The lowest BCUT2D eigenvalue weighted by molar-refractivity contribution is 0.102. The lowest BCUT2D eigenvalue weighted by atomic mass is 10.2. The molecule has 5 nitrogen and oxygen atoms in total. The van der Waals surface area contributed by atoms with Crippen molar-refractivity contribution in [2.75, 3.05) is 0 Å². The summed E-state index contributed by atoms with van der Waals surface area (Å²) in [6, 6.07) is 13.5. The molecule has 6 heteroatoms. The molecular weight excluding hydrogens is 324 g/mol. The lowest BCUT2D eigenvalue weighted by Crippen LogP contribution is -2.12. The standard InChI is InChI=1S/C18H14N2O3S/c21-17-16-13(14-7-4-8-23-14)11-24-18(16)20-15(19-17)10-22-9-12-5-2-1-3-6-12/h1-8,11H,9-10H2,(H,19,20,21). The van der Waals surface area contributed by atoms with Gasteiger partial charge in [0.05, 0.1) is 18.3 Å². The van der Waals surface area contributed by atoms with Crippen molar-refractivity contribution in [2.24, 2.45) is 0 Å². The lowest BCUT2D eigenvalue weighted by Gasteiger charge is -2.04. The van der Waals surface area contributed by atoms with Crippen LogP contribution >= 0.6 is 11.3 Å². The maximum absolute atomic E-state index is 12.4. The summed E-state index contributed by atoms with van der Waals surface area (Å²) in [7, 11) is 0. The first-order valence-corrected chi connectivity index (χ1v) is 8.35. The Morgan fingerprint density at radius 3 is 2.79 bits per heavy atom.